The van der Waals surface area contributed by atoms with Crippen molar-refractivity contribution in [3.05, 3.63) is 47.7 Å². The molecule has 6 nitrogen and oxygen atoms in total. The molecule has 3 rings (SSSR count). The van der Waals surface area contributed by atoms with Crippen LogP contribution in [0.4, 0.5) is 0 Å². The van der Waals surface area contributed by atoms with Crippen molar-refractivity contribution in [2.45, 2.75) is 6.92 Å². The summed E-state index contributed by atoms with van der Waals surface area (Å²) in [6, 6.07) is 10.9. The van der Waals surface area contributed by atoms with Crippen LogP contribution in [0.1, 0.15) is 23.0 Å². The molecule has 2 heterocycles. The number of carbonyl (C=O) groups is 1. The normalized spacial score (nSPS) is 15.0. The van der Waals surface area contributed by atoms with Crippen molar-refractivity contribution in [2.24, 2.45) is 5.10 Å². The number of rotatable bonds is 5. The SMILES string of the molecule is CCOC(=O)c1ccc(-c2ccc(/C=N\N3CCOCC3)o2)cc1. The van der Waals surface area contributed by atoms with Crippen molar-refractivity contribution in [1.82, 2.24) is 5.01 Å². The van der Waals surface area contributed by atoms with Gasteiger partial charge < -0.3 is 13.9 Å². The van der Waals surface area contributed by atoms with E-state index in [4.69, 9.17) is 13.9 Å². The van der Waals surface area contributed by atoms with Gasteiger partial charge in [-0.2, -0.15) is 5.10 Å². The summed E-state index contributed by atoms with van der Waals surface area (Å²) < 4.78 is 16.0. The summed E-state index contributed by atoms with van der Waals surface area (Å²) in [5.41, 5.74) is 1.43. The van der Waals surface area contributed by atoms with Crippen molar-refractivity contribution in [3.8, 4) is 11.3 Å². The second kappa shape index (κ2) is 7.79. The fourth-order valence-electron chi connectivity index (χ4n) is 2.37. The minimum Gasteiger partial charge on any atom is -0.462 e. The van der Waals surface area contributed by atoms with Crippen LogP contribution >= 0.6 is 0 Å². The second-order valence-electron chi connectivity index (χ2n) is 5.31. The van der Waals surface area contributed by atoms with Gasteiger partial charge in [-0.25, -0.2) is 4.79 Å². The quantitative estimate of drug-likeness (QED) is 0.624. The number of hydrogen-bond donors (Lipinski definition) is 0. The van der Waals surface area contributed by atoms with Crippen molar-refractivity contribution < 1.29 is 18.7 Å². The third-order valence-corrected chi connectivity index (χ3v) is 3.64. The highest BCUT2D eigenvalue weighted by Gasteiger charge is 2.09. The van der Waals surface area contributed by atoms with E-state index in [1.807, 2.05) is 29.3 Å². The van der Waals surface area contributed by atoms with Gasteiger partial charge in [0, 0.05) is 5.56 Å². The van der Waals surface area contributed by atoms with Crippen molar-refractivity contribution in [1.29, 1.82) is 0 Å². The van der Waals surface area contributed by atoms with Gasteiger partial charge in [-0.1, -0.05) is 12.1 Å². The molecule has 0 atom stereocenters. The Hall–Kier alpha value is -2.60. The van der Waals surface area contributed by atoms with Gasteiger partial charge in [0.2, 0.25) is 0 Å². The first-order chi connectivity index (χ1) is 11.8. The van der Waals surface area contributed by atoms with E-state index in [2.05, 4.69) is 5.10 Å². The maximum absolute atomic E-state index is 11.7. The molecule has 6 heteroatoms. The van der Waals surface area contributed by atoms with Crippen molar-refractivity contribution in [3.63, 3.8) is 0 Å². The number of benzene rings is 1. The van der Waals surface area contributed by atoms with Gasteiger partial charge in [-0.15, -0.1) is 0 Å². The highest BCUT2D eigenvalue weighted by Crippen LogP contribution is 2.22. The standard InChI is InChI=1S/C18H20N2O4/c1-2-23-18(21)15-5-3-14(4-6-15)17-8-7-16(24-17)13-19-20-9-11-22-12-10-20/h3-8,13H,2,9-12H2,1H3/b19-13-. The third-order valence-electron chi connectivity index (χ3n) is 3.64. The zero-order valence-electron chi connectivity index (χ0n) is 13.6. The van der Waals surface area contributed by atoms with Crippen LogP contribution in [-0.2, 0) is 9.47 Å². The lowest BCUT2D eigenvalue weighted by Crippen LogP contribution is -2.32. The lowest BCUT2D eigenvalue weighted by molar-refractivity contribution is 0.0396. The molecule has 0 spiro atoms. The predicted octanol–water partition coefficient (Wildman–Crippen LogP) is 2.79. The Morgan fingerprint density at radius 3 is 2.67 bits per heavy atom. The van der Waals surface area contributed by atoms with E-state index in [0.717, 1.165) is 24.4 Å². The molecule has 2 aromatic rings. The largest absolute Gasteiger partial charge is 0.462 e. The summed E-state index contributed by atoms with van der Waals surface area (Å²) in [5, 5.41) is 6.35. The van der Waals surface area contributed by atoms with Gasteiger partial charge in [0.25, 0.3) is 0 Å². The Balaban J connectivity index is 1.66. The number of hydrazone groups is 1. The van der Waals surface area contributed by atoms with Crippen LogP contribution in [0.15, 0.2) is 45.9 Å². The smallest absolute Gasteiger partial charge is 0.338 e. The van der Waals surface area contributed by atoms with Crippen LogP contribution in [0.2, 0.25) is 0 Å². The zero-order chi connectivity index (χ0) is 16.8. The third kappa shape index (κ3) is 4.02. The summed E-state index contributed by atoms with van der Waals surface area (Å²) in [4.78, 5) is 11.7. The highest BCUT2D eigenvalue weighted by atomic mass is 16.5. The lowest BCUT2D eigenvalue weighted by atomic mass is 10.1. The van der Waals surface area contributed by atoms with E-state index < -0.39 is 0 Å². The van der Waals surface area contributed by atoms with Gasteiger partial charge in [0.1, 0.15) is 11.5 Å². The zero-order valence-corrected chi connectivity index (χ0v) is 13.6. The van der Waals surface area contributed by atoms with Crippen LogP contribution in [0.25, 0.3) is 11.3 Å². The van der Waals surface area contributed by atoms with Crippen LogP contribution in [0.5, 0.6) is 0 Å². The maximum atomic E-state index is 11.7. The summed E-state index contributed by atoms with van der Waals surface area (Å²) in [7, 11) is 0. The molecule has 1 saturated heterocycles. The minimum absolute atomic E-state index is 0.318. The molecule has 0 bridgehead atoms. The second-order valence-corrected chi connectivity index (χ2v) is 5.31. The molecule has 1 aromatic heterocycles. The summed E-state index contributed by atoms with van der Waals surface area (Å²) in [5.74, 6) is 1.10. The summed E-state index contributed by atoms with van der Waals surface area (Å²) in [6.07, 6.45) is 1.71. The minimum atomic E-state index is -0.318. The molecule has 126 valence electrons. The molecule has 0 unspecified atom stereocenters. The van der Waals surface area contributed by atoms with Gasteiger partial charge in [0.15, 0.2) is 0 Å². The number of furan rings is 1. The van der Waals surface area contributed by atoms with Gasteiger partial charge in [-0.3, -0.25) is 5.01 Å². The van der Waals surface area contributed by atoms with E-state index in [1.165, 1.54) is 0 Å². The predicted molar refractivity (Wildman–Crippen MR) is 90.1 cm³/mol. The summed E-state index contributed by atoms with van der Waals surface area (Å²) in [6.45, 7) is 5.14. The van der Waals surface area contributed by atoms with Crippen LogP contribution < -0.4 is 0 Å². The van der Waals surface area contributed by atoms with Crippen LogP contribution in [-0.4, -0.2) is 50.1 Å². The average Bonchev–Trinajstić information content (AvgIpc) is 3.10. The van der Waals surface area contributed by atoms with E-state index in [1.54, 1.807) is 25.3 Å². The molecule has 0 aliphatic carbocycles. The first-order valence-corrected chi connectivity index (χ1v) is 8.00. The highest BCUT2D eigenvalue weighted by molar-refractivity contribution is 5.90. The molecule has 1 aromatic carbocycles. The monoisotopic (exact) mass is 328 g/mol. The number of esters is 1. The molecule has 1 aliphatic rings. The Morgan fingerprint density at radius 1 is 1.21 bits per heavy atom. The van der Waals surface area contributed by atoms with Crippen LogP contribution in [0, 0.1) is 0 Å². The molecule has 0 amide bonds. The molecule has 0 N–H and O–H groups in total. The molecule has 1 fully saturated rings. The Bertz CT molecular complexity index is 700. The summed E-state index contributed by atoms with van der Waals surface area (Å²) >= 11 is 0. The first kappa shape index (κ1) is 16.3. The van der Waals surface area contributed by atoms with Crippen molar-refractivity contribution >= 4 is 12.2 Å². The molecular weight excluding hydrogens is 308 g/mol. The van der Waals surface area contributed by atoms with E-state index in [9.17, 15) is 4.79 Å². The Morgan fingerprint density at radius 2 is 1.96 bits per heavy atom. The Kier molecular flexibility index (Phi) is 5.28. The molecule has 0 saturated carbocycles. The van der Waals surface area contributed by atoms with Gasteiger partial charge >= 0.3 is 5.97 Å². The number of nitrogens with zero attached hydrogens (tertiary/aromatic N) is 2. The van der Waals surface area contributed by atoms with Gasteiger partial charge in [0.05, 0.1) is 44.7 Å². The lowest BCUT2D eigenvalue weighted by Gasteiger charge is -2.23. The van der Waals surface area contributed by atoms with Crippen LogP contribution in [0.3, 0.4) is 0 Å². The maximum Gasteiger partial charge on any atom is 0.338 e. The number of hydrogen-bond acceptors (Lipinski definition) is 6. The van der Waals surface area contributed by atoms with E-state index in [-0.39, 0.29) is 5.97 Å². The van der Waals surface area contributed by atoms with Crippen molar-refractivity contribution in [2.75, 3.05) is 32.9 Å². The average molecular weight is 328 g/mol. The fraction of sp³-hybridized carbons (Fsp3) is 0.333. The fourth-order valence-corrected chi connectivity index (χ4v) is 2.37. The first-order valence-electron chi connectivity index (χ1n) is 8.00. The van der Waals surface area contributed by atoms with E-state index >= 15 is 0 Å². The number of carbonyl (C=O) groups excluding carboxylic acids is 1. The number of morpholine rings is 1. The molecule has 1 aliphatic heterocycles. The topological polar surface area (TPSA) is 64.3 Å². The molecule has 0 radical (unpaired) electrons. The molecule has 24 heavy (non-hydrogen) atoms. The Labute approximate surface area is 140 Å². The number of ether oxygens (including phenoxy) is 2. The van der Waals surface area contributed by atoms with E-state index in [0.29, 0.717) is 31.1 Å². The van der Waals surface area contributed by atoms with Gasteiger partial charge in [-0.05, 0) is 31.2 Å². The molecular formula is C18H20N2O4.